The summed E-state index contributed by atoms with van der Waals surface area (Å²) in [5.41, 5.74) is 1.95. The first-order valence-corrected chi connectivity index (χ1v) is 11.7. The second-order valence-corrected chi connectivity index (χ2v) is 9.41. The summed E-state index contributed by atoms with van der Waals surface area (Å²) in [6.07, 6.45) is 2.53. The van der Waals surface area contributed by atoms with Gasteiger partial charge in [-0.25, -0.2) is 13.1 Å². The lowest BCUT2D eigenvalue weighted by Gasteiger charge is -2.26. The molecule has 0 saturated carbocycles. The van der Waals surface area contributed by atoms with Crippen LogP contribution >= 0.6 is 0 Å². The van der Waals surface area contributed by atoms with Crippen molar-refractivity contribution < 1.29 is 22.7 Å². The summed E-state index contributed by atoms with van der Waals surface area (Å²) >= 11 is 0. The van der Waals surface area contributed by atoms with Gasteiger partial charge in [-0.2, -0.15) is 0 Å². The van der Waals surface area contributed by atoms with Crippen LogP contribution in [0.1, 0.15) is 36.4 Å². The van der Waals surface area contributed by atoms with Crippen LogP contribution < -0.4 is 14.2 Å². The summed E-state index contributed by atoms with van der Waals surface area (Å²) in [7, 11) is -3.73. The second-order valence-electron chi connectivity index (χ2n) is 7.64. The Morgan fingerprint density at radius 3 is 2.57 bits per heavy atom. The number of hydrogen-bond acceptors (Lipinski definition) is 5. The van der Waals surface area contributed by atoms with Crippen molar-refractivity contribution in [1.29, 1.82) is 0 Å². The smallest absolute Gasteiger partial charge is 0.241 e. The number of ether oxygens (including phenoxy) is 2. The molecular weight excluding hydrogens is 404 g/mol. The first kappa shape index (κ1) is 20.7. The number of sulfonamides is 1. The molecule has 4 rings (SSSR count). The normalized spacial score (nSPS) is 18.8. The van der Waals surface area contributed by atoms with Gasteiger partial charge in [0.25, 0.3) is 0 Å². The van der Waals surface area contributed by atoms with Crippen molar-refractivity contribution in [2.75, 3.05) is 26.3 Å². The van der Waals surface area contributed by atoms with Crippen LogP contribution in [0, 0.1) is 6.92 Å². The predicted octanol–water partition coefficient (Wildman–Crippen LogP) is 2.80. The first-order valence-electron chi connectivity index (χ1n) is 10.2. The zero-order valence-electron chi connectivity index (χ0n) is 17.0. The highest BCUT2D eigenvalue weighted by molar-refractivity contribution is 7.89. The number of rotatable bonds is 5. The lowest BCUT2D eigenvalue weighted by atomic mass is 10.0. The molecule has 30 heavy (non-hydrogen) atoms. The van der Waals surface area contributed by atoms with E-state index in [0.29, 0.717) is 25.5 Å². The predicted molar refractivity (Wildman–Crippen MR) is 112 cm³/mol. The van der Waals surface area contributed by atoms with E-state index in [0.717, 1.165) is 36.1 Å². The fraction of sp³-hybridized carbons (Fsp3) is 0.409. The third-order valence-electron chi connectivity index (χ3n) is 5.47. The zero-order chi connectivity index (χ0) is 21.1. The monoisotopic (exact) mass is 430 g/mol. The molecule has 1 saturated heterocycles. The summed E-state index contributed by atoms with van der Waals surface area (Å²) in [4.78, 5) is 14.7. The number of fused-ring (bicyclic) bond motifs is 1. The Morgan fingerprint density at radius 1 is 1.07 bits per heavy atom. The Hall–Kier alpha value is -2.58. The molecule has 160 valence electrons. The second kappa shape index (κ2) is 8.65. The highest BCUT2D eigenvalue weighted by atomic mass is 32.2. The van der Waals surface area contributed by atoms with Crippen molar-refractivity contribution in [2.24, 2.45) is 0 Å². The highest BCUT2D eigenvalue weighted by Gasteiger charge is 2.31. The van der Waals surface area contributed by atoms with E-state index in [4.69, 9.17) is 9.47 Å². The Labute approximate surface area is 177 Å². The SMILES string of the molecule is Cc1ccc(S(=O)(=O)NCC(=O)N2CCC[C@@H]2c2ccc3c(c2)OCCCO3)cc1. The molecule has 2 heterocycles. The Morgan fingerprint density at radius 2 is 1.80 bits per heavy atom. The van der Waals surface area contributed by atoms with E-state index in [-0.39, 0.29) is 23.4 Å². The van der Waals surface area contributed by atoms with Crippen molar-refractivity contribution in [2.45, 2.75) is 37.1 Å². The fourth-order valence-corrected chi connectivity index (χ4v) is 4.83. The molecule has 2 aliphatic rings. The maximum atomic E-state index is 12.8. The molecule has 0 aliphatic carbocycles. The topological polar surface area (TPSA) is 84.9 Å². The van der Waals surface area contributed by atoms with Crippen LogP contribution in [0.5, 0.6) is 11.5 Å². The largest absolute Gasteiger partial charge is 0.490 e. The first-order chi connectivity index (χ1) is 14.4. The van der Waals surface area contributed by atoms with E-state index in [1.165, 1.54) is 0 Å². The third-order valence-corrected chi connectivity index (χ3v) is 6.89. The number of benzene rings is 2. The Kier molecular flexibility index (Phi) is 5.97. The number of nitrogens with zero attached hydrogens (tertiary/aromatic N) is 1. The molecule has 2 aromatic carbocycles. The molecule has 8 heteroatoms. The van der Waals surface area contributed by atoms with Gasteiger partial charge in [-0.05, 0) is 49.6 Å². The van der Waals surface area contributed by atoms with Gasteiger partial charge in [-0.1, -0.05) is 23.8 Å². The Balaban J connectivity index is 1.45. The van der Waals surface area contributed by atoms with Gasteiger partial charge in [0.1, 0.15) is 0 Å². The maximum absolute atomic E-state index is 12.8. The number of carbonyl (C=O) groups is 1. The van der Waals surface area contributed by atoms with Crippen LogP contribution in [-0.2, 0) is 14.8 Å². The van der Waals surface area contributed by atoms with E-state index in [9.17, 15) is 13.2 Å². The molecule has 2 aromatic rings. The molecule has 0 unspecified atom stereocenters. The summed E-state index contributed by atoms with van der Waals surface area (Å²) in [6, 6.07) is 12.2. The minimum absolute atomic E-state index is 0.0986. The van der Waals surface area contributed by atoms with Gasteiger partial charge >= 0.3 is 0 Å². The molecule has 0 radical (unpaired) electrons. The van der Waals surface area contributed by atoms with Gasteiger partial charge in [0.05, 0.1) is 30.7 Å². The molecular formula is C22H26N2O5S. The van der Waals surface area contributed by atoms with Gasteiger partial charge in [-0.15, -0.1) is 0 Å². The van der Waals surface area contributed by atoms with Crippen molar-refractivity contribution in [3.8, 4) is 11.5 Å². The lowest BCUT2D eigenvalue weighted by molar-refractivity contribution is -0.130. The average Bonchev–Trinajstić information content (AvgIpc) is 3.11. The van der Waals surface area contributed by atoms with Gasteiger partial charge in [0.15, 0.2) is 11.5 Å². The fourth-order valence-electron chi connectivity index (χ4n) is 3.86. The van der Waals surface area contributed by atoms with Crippen LogP contribution in [0.25, 0.3) is 0 Å². The van der Waals surface area contributed by atoms with Crippen molar-refractivity contribution in [3.05, 3.63) is 53.6 Å². The number of amides is 1. The molecule has 0 spiro atoms. The molecule has 1 atom stereocenters. The molecule has 0 aromatic heterocycles. The van der Waals surface area contributed by atoms with E-state index in [1.807, 2.05) is 25.1 Å². The summed E-state index contributed by atoms with van der Waals surface area (Å²) in [5, 5.41) is 0. The molecule has 7 nitrogen and oxygen atoms in total. The van der Waals surface area contributed by atoms with Crippen LogP contribution in [-0.4, -0.2) is 45.5 Å². The summed E-state index contributed by atoms with van der Waals surface area (Å²) < 4.78 is 38.9. The average molecular weight is 431 g/mol. The number of likely N-dealkylation sites (tertiary alicyclic amines) is 1. The molecule has 1 N–H and O–H groups in total. The van der Waals surface area contributed by atoms with E-state index < -0.39 is 10.0 Å². The zero-order valence-corrected chi connectivity index (χ0v) is 17.8. The number of aryl methyl sites for hydroxylation is 1. The Bertz CT molecular complexity index is 1020. The highest BCUT2D eigenvalue weighted by Crippen LogP contribution is 2.37. The third kappa shape index (κ3) is 4.44. The molecule has 1 amide bonds. The summed E-state index contributed by atoms with van der Waals surface area (Å²) in [5.74, 6) is 1.18. The van der Waals surface area contributed by atoms with E-state index >= 15 is 0 Å². The van der Waals surface area contributed by atoms with Crippen LogP contribution in [0.15, 0.2) is 47.4 Å². The molecule has 2 aliphatic heterocycles. The number of nitrogens with one attached hydrogen (secondary N) is 1. The van der Waals surface area contributed by atoms with Crippen LogP contribution in [0.4, 0.5) is 0 Å². The van der Waals surface area contributed by atoms with Gasteiger partial charge in [0.2, 0.25) is 15.9 Å². The van der Waals surface area contributed by atoms with E-state index in [2.05, 4.69) is 4.72 Å². The van der Waals surface area contributed by atoms with Crippen LogP contribution in [0.3, 0.4) is 0 Å². The lowest BCUT2D eigenvalue weighted by Crippen LogP contribution is -2.39. The minimum Gasteiger partial charge on any atom is -0.490 e. The van der Waals surface area contributed by atoms with Crippen molar-refractivity contribution in [1.82, 2.24) is 9.62 Å². The summed E-state index contributed by atoms with van der Waals surface area (Å²) in [6.45, 7) is 3.45. The van der Waals surface area contributed by atoms with Crippen molar-refractivity contribution >= 4 is 15.9 Å². The van der Waals surface area contributed by atoms with Crippen LogP contribution in [0.2, 0.25) is 0 Å². The number of carbonyl (C=O) groups excluding carboxylic acids is 1. The minimum atomic E-state index is -3.73. The van der Waals surface area contributed by atoms with Crippen molar-refractivity contribution in [3.63, 3.8) is 0 Å². The van der Waals surface area contributed by atoms with Gasteiger partial charge in [-0.3, -0.25) is 4.79 Å². The quantitative estimate of drug-likeness (QED) is 0.789. The molecule has 0 bridgehead atoms. The number of hydrogen-bond donors (Lipinski definition) is 1. The van der Waals surface area contributed by atoms with E-state index in [1.54, 1.807) is 29.2 Å². The van der Waals surface area contributed by atoms with Gasteiger partial charge in [0, 0.05) is 13.0 Å². The van der Waals surface area contributed by atoms with Gasteiger partial charge < -0.3 is 14.4 Å². The maximum Gasteiger partial charge on any atom is 0.241 e. The molecule has 1 fully saturated rings. The standard InChI is InChI=1S/C22H26N2O5S/c1-16-5-8-18(9-6-16)30(26,27)23-15-22(25)24-11-2-4-19(24)17-7-10-20-21(14-17)29-13-3-12-28-20/h5-10,14,19,23H,2-4,11-13,15H2,1H3/t19-/m1/s1.